The van der Waals surface area contributed by atoms with Crippen molar-refractivity contribution in [2.75, 3.05) is 33.3 Å². The van der Waals surface area contributed by atoms with E-state index in [2.05, 4.69) is 10.2 Å². The smallest absolute Gasteiger partial charge is 0.254 e. The molecule has 7 nitrogen and oxygen atoms in total. The molecule has 0 bridgehead atoms. The zero-order valence-electron chi connectivity index (χ0n) is 18.1. The number of benzene rings is 1. The van der Waals surface area contributed by atoms with E-state index in [-0.39, 0.29) is 17.9 Å². The molecule has 1 atom stereocenters. The minimum atomic E-state index is -0.147. The first-order valence-electron chi connectivity index (χ1n) is 11.1. The number of nitrogens with one attached hydrogen (secondary N) is 1. The standard InChI is InChI=1S/C24H31N3O4/c1-30-20-9-4-8-19(16-20)24(29)27-13-11-26(12-14-27)22(18-6-2-3-7-18)23(28)25-17-21-10-5-15-31-21/h4-5,8-10,15-16,18,22H,2-3,6-7,11-14,17H2,1H3,(H,25,28). The third kappa shape index (κ3) is 5.10. The van der Waals surface area contributed by atoms with Crippen LogP contribution in [-0.2, 0) is 11.3 Å². The fourth-order valence-electron chi connectivity index (χ4n) is 4.78. The predicted molar refractivity (Wildman–Crippen MR) is 117 cm³/mol. The van der Waals surface area contributed by atoms with Gasteiger partial charge in [-0.05, 0) is 49.1 Å². The molecular formula is C24H31N3O4. The first-order chi connectivity index (χ1) is 15.2. The minimum absolute atomic E-state index is 0.0123. The van der Waals surface area contributed by atoms with Crippen molar-refractivity contribution in [3.05, 3.63) is 54.0 Å². The second-order valence-corrected chi connectivity index (χ2v) is 8.35. The molecular weight excluding hydrogens is 394 g/mol. The van der Waals surface area contributed by atoms with E-state index >= 15 is 0 Å². The lowest BCUT2D eigenvalue weighted by Gasteiger charge is -2.40. The molecule has 1 saturated carbocycles. The highest BCUT2D eigenvalue weighted by atomic mass is 16.5. The van der Waals surface area contributed by atoms with Gasteiger partial charge in [-0.25, -0.2) is 0 Å². The van der Waals surface area contributed by atoms with E-state index in [0.717, 1.165) is 18.6 Å². The number of piperazine rings is 1. The number of furan rings is 1. The Morgan fingerprint density at radius 3 is 2.58 bits per heavy atom. The maximum absolute atomic E-state index is 13.1. The second kappa shape index (κ2) is 10.0. The van der Waals surface area contributed by atoms with Crippen molar-refractivity contribution in [2.24, 2.45) is 5.92 Å². The summed E-state index contributed by atoms with van der Waals surface area (Å²) in [4.78, 5) is 30.2. The number of hydrogen-bond donors (Lipinski definition) is 1. The molecule has 31 heavy (non-hydrogen) atoms. The summed E-state index contributed by atoms with van der Waals surface area (Å²) in [5, 5.41) is 3.06. The summed E-state index contributed by atoms with van der Waals surface area (Å²) in [6.07, 6.45) is 6.15. The molecule has 1 aromatic carbocycles. The van der Waals surface area contributed by atoms with Crippen LogP contribution in [0.2, 0.25) is 0 Å². The van der Waals surface area contributed by atoms with Crippen molar-refractivity contribution in [3.8, 4) is 5.75 Å². The molecule has 2 aliphatic rings. The molecule has 0 radical (unpaired) electrons. The Morgan fingerprint density at radius 2 is 1.90 bits per heavy atom. The van der Waals surface area contributed by atoms with Gasteiger partial charge < -0.3 is 19.4 Å². The van der Waals surface area contributed by atoms with Crippen LogP contribution in [-0.4, -0.2) is 60.9 Å². The number of amides is 2. The zero-order valence-corrected chi connectivity index (χ0v) is 18.1. The number of rotatable bonds is 7. The third-order valence-electron chi connectivity index (χ3n) is 6.44. The molecule has 1 saturated heterocycles. The molecule has 0 spiro atoms. The summed E-state index contributed by atoms with van der Waals surface area (Å²) in [6, 6.07) is 10.8. The number of ether oxygens (including phenoxy) is 1. The van der Waals surface area contributed by atoms with Crippen LogP contribution < -0.4 is 10.1 Å². The molecule has 2 aromatic rings. The van der Waals surface area contributed by atoms with Gasteiger partial charge in [0.25, 0.3) is 5.91 Å². The fraction of sp³-hybridized carbons (Fsp3) is 0.500. The quantitative estimate of drug-likeness (QED) is 0.738. The third-order valence-corrected chi connectivity index (χ3v) is 6.44. The molecule has 1 aliphatic heterocycles. The second-order valence-electron chi connectivity index (χ2n) is 8.35. The van der Waals surface area contributed by atoms with E-state index in [0.29, 0.717) is 50.0 Å². The van der Waals surface area contributed by atoms with Gasteiger partial charge in [0.2, 0.25) is 5.91 Å². The summed E-state index contributed by atoms with van der Waals surface area (Å²) in [5.41, 5.74) is 0.635. The summed E-state index contributed by atoms with van der Waals surface area (Å²) < 4.78 is 10.6. The van der Waals surface area contributed by atoms with Crippen LogP contribution in [0.5, 0.6) is 5.75 Å². The predicted octanol–water partition coefficient (Wildman–Crippen LogP) is 2.92. The van der Waals surface area contributed by atoms with Crippen molar-refractivity contribution in [1.29, 1.82) is 0 Å². The van der Waals surface area contributed by atoms with Crippen molar-refractivity contribution in [3.63, 3.8) is 0 Å². The highest BCUT2D eigenvalue weighted by Crippen LogP contribution is 2.31. The van der Waals surface area contributed by atoms with Gasteiger partial charge in [0, 0.05) is 31.7 Å². The fourth-order valence-corrected chi connectivity index (χ4v) is 4.78. The van der Waals surface area contributed by atoms with E-state index in [1.165, 1.54) is 12.8 Å². The number of hydrogen-bond acceptors (Lipinski definition) is 5. The van der Waals surface area contributed by atoms with Gasteiger partial charge in [0.1, 0.15) is 11.5 Å². The SMILES string of the molecule is COc1cccc(C(=O)N2CCN(C(C(=O)NCc3ccco3)C3CCCC3)CC2)c1. The van der Waals surface area contributed by atoms with Gasteiger partial charge in [0.15, 0.2) is 0 Å². The maximum atomic E-state index is 13.1. The average Bonchev–Trinajstić information content (AvgIpc) is 3.52. The molecule has 1 unspecified atom stereocenters. The first kappa shape index (κ1) is 21.4. The van der Waals surface area contributed by atoms with E-state index in [1.807, 2.05) is 35.2 Å². The average molecular weight is 426 g/mol. The number of nitrogens with zero attached hydrogens (tertiary/aromatic N) is 2. The van der Waals surface area contributed by atoms with Gasteiger partial charge in [-0.15, -0.1) is 0 Å². The highest BCUT2D eigenvalue weighted by Gasteiger charge is 2.37. The Labute approximate surface area is 183 Å². The number of carbonyl (C=O) groups is 2. The number of carbonyl (C=O) groups excluding carboxylic acids is 2. The Morgan fingerprint density at radius 1 is 1.13 bits per heavy atom. The molecule has 4 rings (SSSR count). The van der Waals surface area contributed by atoms with Crippen molar-refractivity contribution < 1.29 is 18.7 Å². The molecule has 166 valence electrons. The van der Waals surface area contributed by atoms with Gasteiger partial charge in [-0.2, -0.15) is 0 Å². The summed E-state index contributed by atoms with van der Waals surface area (Å²) >= 11 is 0. The van der Waals surface area contributed by atoms with Crippen LogP contribution in [0.15, 0.2) is 47.1 Å². The van der Waals surface area contributed by atoms with Crippen LogP contribution in [0.3, 0.4) is 0 Å². The van der Waals surface area contributed by atoms with Gasteiger partial charge >= 0.3 is 0 Å². The maximum Gasteiger partial charge on any atom is 0.254 e. The molecule has 2 fully saturated rings. The lowest BCUT2D eigenvalue weighted by atomic mass is 9.95. The highest BCUT2D eigenvalue weighted by molar-refractivity contribution is 5.94. The van der Waals surface area contributed by atoms with E-state index in [9.17, 15) is 9.59 Å². The van der Waals surface area contributed by atoms with Gasteiger partial charge in [0.05, 0.1) is 26.0 Å². The Bertz CT molecular complexity index is 869. The molecule has 1 aliphatic carbocycles. The topological polar surface area (TPSA) is 75.0 Å². The minimum Gasteiger partial charge on any atom is -0.497 e. The van der Waals surface area contributed by atoms with Gasteiger partial charge in [-0.1, -0.05) is 18.9 Å². The Kier molecular flexibility index (Phi) is 6.92. The largest absolute Gasteiger partial charge is 0.497 e. The lowest BCUT2D eigenvalue weighted by molar-refractivity contribution is -0.129. The molecule has 1 aromatic heterocycles. The Hall–Kier alpha value is -2.80. The van der Waals surface area contributed by atoms with Gasteiger partial charge in [-0.3, -0.25) is 14.5 Å². The zero-order chi connectivity index (χ0) is 21.6. The first-order valence-corrected chi connectivity index (χ1v) is 11.1. The molecule has 2 amide bonds. The van der Waals surface area contributed by atoms with Crippen LogP contribution >= 0.6 is 0 Å². The molecule has 1 N–H and O–H groups in total. The summed E-state index contributed by atoms with van der Waals surface area (Å²) in [5.74, 6) is 1.89. The monoisotopic (exact) mass is 425 g/mol. The number of methoxy groups -OCH3 is 1. The van der Waals surface area contributed by atoms with E-state index in [4.69, 9.17) is 9.15 Å². The van der Waals surface area contributed by atoms with Crippen LogP contribution in [0, 0.1) is 5.92 Å². The van der Waals surface area contributed by atoms with Crippen LogP contribution in [0.25, 0.3) is 0 Å². The summed E-state index contributed by atoms with van der Waals surface area (Å²) in [7, 11) is 1.60. The van der Waals surface area contributed by atoms with E-state index in [1.54, 1.807) is 19.4 Å². The summed E-state index contributed by atoms with van der Waals surface area (Å²) in [6.45, 7) is 3.04. The van der Waals surface area contributed by atoms with Crippen LogP contribution in [0.1, 0.15) is 41.8 Å². The Balaban J connectivity index is 1.38. The van der Waals surface area contributed by atoms with Crippen molar-refractivity contribution in [2.45, 2.75) is 38.3 Å². The van der Waals surface area contributed by atoms with Crippen LogP contribution in [0.4, 0.5) is 0 Å². The van der Waals surface area contributed by atoms with Crippen molar-refractivity contribution >= 4 is 11.8 Å². The molecule has 2 heterocycles. The van der Waals surface area contributed by atoms with E-state index < -0.39 is 0 Å². The van der Waals surface area contributed by atoms with Crippen molar-refractivity contribution in [1.82, 2.24) is 15.1 Å². The lowest BCUT2D eigenvalue weighted by Crippen LogP contribution is -2.57. The molecule has 7 heteroatoms. The normalized spacial score (nSPS) is 18.7.